The predicted molar refractivity (Wildman–Crippen MR) is 120 cm³/mol. The molecule has 33 heavy (non-hydrogen) atoms. The lowest BCUT2D eigenvalue weighted by molar-refractivity contribution is 0.583. The van der Waals surface area contributed by atoms with Gasteiger partial charge in [-0.2, -0.15) is 0 Å². The zero-order valence-corrected chi connectivity index (χ0v) is 17.9. The summed E-state index contributed by atoms with van der Waals surface area (Å²) in [6, 6.07) is 13.5. The maximum Gasteiger partial charge on any atom is 0.253 e. The lowest BCUT2D eigenvalue weighted by Crippen LogP contribution is -2.07. The second-order valence-electron chi connectivity index (χ2n) is 7.37. The van der Waals surface area contributed by atoms with Crippen LogP contribution in [0.15, 0.2) is 81.1 Å². The molecule has 164 valence electrons. The minimum absolute atomic E-state index is 0.0142. The van der Waals surface area contributed by atoms with E-state index in [-0.39, 0.29) is 27.7 Å². The molecular formula is C23H15FN4O4S. The molecule has 0 aliphatic carbocycles. The van der Waals surface area contributed by atoms with Gasteiger partial charge in [-0.15, -0.1) is 10.2 Å². The fraction of sp³-hybridized carbons (Fsp3) is 0.0435. The van der Waals surface area contributed by atoms with Crippen molar-refractivity contribution < 1.29 is 17.2 Å². The van der Waals surface area contributed by atoms with Gasteiger partial charge >= 0.3 is 0 Å². The quantitative estimate of drug-likeness (QED) is 0.431. The van der Waals surface area contributed by atoms with Crippen LogP contribution in [0.4, 0.5) is 4.39 Å². The number of rotatable bonds is 4. The molecule has 3 heterocycles. The Morgan fingerprint density at radius 2 is 1.58 bits per heavy atom. The van der Waals surface area contributed by atoms with E-state index in [9.17, 15) is 17.6 Å². The molecule has 3 aromatic heterocycles. The van der Waals surface area contributed by atoms with E-state index in [0.717, 1.165) is 6.26 Å². The van der Waals surface area contributed by atoms with E-state index < -0.39 is 15.7 Å². The van der Waals surface area contributed by atoms with E-state index in [4.69, 9.17) is 4.42 Å². The summed E-state index contributed by atoms with van der Waals surface area (Å²) in [6.07, 6.45) is 4.17. The number of nitrogens with zero attached hydrogens (tertiary/aromatic N) is 3. The summed E-state index contributed by atoms with van der Waals surface area (Å²) >= 11 is 0. The number of pyridine rings is 2. The first-order valence-corrected chi connectivity index (χ1v) is 11.6. The number of aromatic amines is 1. The topological polar surface area (TPSA) is 119 Å². The minimum Gasteiger partial charge on any atom is -0.416 e. The standard InChI is InChI=1S/C23H15FN4O4S/c1-33(30,31)17-8-4-13(5-9-17)15-10-18-20(29)19(12-26-21(18)25-11-15)23-28-27-22(32-23)14-2-6-16(24)7-3-14/h2-12H,1H3,(H,25,26,29). The van der Waals surface area contributed by atoms with Crippen molar-refractivity contribution in [3.63, 3.8) is 0 Å². The van der Waals surface area contributed by atoms with Crippen LogP contribution in [0, 0.1) is 5.82 Å². The van der Waals surface area contributed by atoms with Crippen LogP contribution in [0.25, 0.3) is 45.1 Å². The molecule has 0 atom stereocenters. The normalized spacial score (nSPS) is 11.7. The van der Waals surface area contributed by atoms with Gasteiger partial charge in [0.15, 0.2) is 9.84 Å². The Morgan fingerprint density at radius 3 is 2.27 bits per heavy atom. The lowest BCUT2D eigenvalue weighted by atomic mass is 10.1. The summed E-state index contributed by atoms with van der Waals surface area (Å²) in [7, 11) is -3.31. The highest BCUT2D eigenvalue weighted by Crippen LogP contribution is 2.25. The second kappa shape index (κ2) is 7.75. The Bertz CT molecular complexity index is 1660. The van der Waals surface area contributed by atoms with Crippen molar-refractivity contribution in [1.82, 2.24) is 20.2 Å². The van der Waals surface area contributed by atoms with Crippen molar-refractivity contribution >= 4 is 20.9 Å². The number of fused-ring (bicyclic) bond motifs is 1. The molecule has 2 aromatic carbocycles. The van der Waals surface area contributed by atoms with Gasteiger partial charge in [-0.25, -0.2) is 17.8 Å². The molecule has 0 amide bonds. The number of nitrogens with one attached hydrogen (secondary N) is 1. The number of hydrogen-bond acceptors (Lipinski definition) is 7. The number of benzene rings is 2. The van der Waals surface area contributed by atoms with Crippen LogP contribution in [0.3, 0.4) is 0 Å². The van der Waals surface area contributed by atoms with Gasteiger partial charge < -0.3 is 9.40 Å². The first-order valence-electron chi connectivity index (χ1n) is 9.71. The van der Waals surface area contributed by atoms with Gasteiger partial charge in [-0.1, -0.05) is 12.1 Å². The third-order valence-corrected chi connectivity index (χ3v) is 6.22. The molecule has 0 saturated heterocycles. The molecule has 5 rings (SSSR count). The Balaban J connectivity index is 1.55. The molecule has 10 heteroatoms. The van der Waals surface area contributed by atoms with E-state index in [2.05, 4.69) is 20.2 Å². The Morgan fingerprint density at radius 1 is 0.909 bits per heavy atom. The van der Waals surface area contributed by atoms with Gasteiger partial charge in [0.05, 0.1) is 10.3 Å². The van der Waals surface area contributed by atoms with Gasteiger partial charge in [0.25, 0.3) is 5.89 Å². The number of aromatic nitrogens is 4. The van der Waals surface area contributed by atoms with Crippen LogP contribution in [0.1, 0.15) is 0 Å². The summed E-state index contributed by atoms with van der Waals surface area (Å²) in [5.74, 6) is -0.221. The predicted octanol–water partition coefficient (Wildman–Crippen LogP) is 3.85. The van der Waals surface area contributed by atoms with E-state index in [1.807, 2.05) is 0 Å². The zero-order chi connectivity index (χ0) is 23.2. The average Bonchev–Trinajstić information content (AvgIpc) is 3.29. The average molecular weight is 462 g/mol. The molecule has 0 saturated carbocycles. The van der Waals surface area contributed by atoms with Crippen LogP contribution >= 0.6 is 0 Å². The summed E-state index contributed by atoms with van der Waals surface area (Å²) in [6.45, 7) is 0. The third kappa shape index (κ3) is 3.92. The number of sulfone groups is 1. The molecular weight excluding hydrogens is 447 g/mol. The van der Waals surface area contributed by atoms with Crippen molar-refractivity contribution in [3.05, 3.63) is 83.0 Å². The second-order valence-corrected chi connectivity index (χ2v) is 9.38. The van der Waals surface area contributed by atoms with Crippen molar-refractivity contribution in [2.75, 3.05) is 6.26 Å². The van der Waals surface area contributed by atoms with Crippen molar-refractivity contribution in [3.8, 4) is 34.0 Å². The smallest absolute Gasteiger partial charge is 0.253 e. The van der Waals surface area contributed by atoms with E-state index in [1.165, 1.54) is 42.6 Å². The fourth-order valence-electron chi connectivity index (χ4n) is 3.36. The number of hydrogen-bond donors (Lipinski definition) is 1. The molecule has 0 fully saturated rings. The van der Waals surface area contributed by atoms with Gasteiger partial charge in [-0.3, -0.25) is 4.79 Å². The van der Waals surface area contributed by atoms with Crippen LogP contribution in [-0.4, -0.2) is 34.8 Å². The molecule has 8 nitrogen and oxygen atoms in total. The lowest BCUT2D eigenvalue weighted by Gasteiger charge is -2.05. The first kappa shape index (κ1) is 20.7. The Labute approximate surface area is 186 Å². The van der Waals surface area contributed by atoms with Crippen LogP contribution < -0.4 is 5.43 Å². The van der Waals surface area contributed by atoms with Crippen LogP contribution in [0.5, 0.6) is 0 Å². The van der Waals surface area contributed by atoms with Gasteiger partial charge in [0, 0.05) is 29.8 Å². The van der Waals surface area contributed by atoms with Crippen LogP contribution in [0.2, 0.25) is 0 Å². The number of H-pyrrole nitrogens is 1. The molecule has 0 spiro atoms. The number of halogens is 1. The monoisotopic (exact) mass is 462 g/mol. The first-order chi connectivity index (χ1) is 15.8. The van der Waals surface area contributed by atoms with Gasteiger partial charge in [-0.05, 0) is 48.0 Å². The maximum absolute atomic E-state index is 13.2. The third-order valence-electron chi connectivity index (χ3n) is 5.09. The highest BCUT2D eigenvalue weighted by molar-refractivity contribution is 7.90. The summed E-state index contributed by atoms with van der Waals surface area (Å²) in [5.41, 5.74) is 2.04. The molecule has 1 N–H and O–H groups in total. The van der Waals surface area contributed by atoms with Gasteiger partial charge in [0.2, 0.25) is 11.3 Å². The van der Waals surface area contributed by atoms with E-state index in [1.54, 1.807) is 24.4 Å². The van der Waals surface area contributed by atoms with Crippen molar-refractivity contribution in [1.29, 1.82) is 0 Å². The summed E-state index contributed by atoms with van der Waals surface area (Å²) < 4.78 is 42.2. The summed E-state index contributed by atoms with van der Waals surface area (Å²) in [5, 5.41) is 8.21. The molecule has 0 unspecified atom stereocenters. The van der Waals surface area contributed by atoms with Crippen molar-refractivity contribution in [2.24, 2.45) is 0 Å². The molecule has 5 aromatic rings. The van der Waals surface area contributed by atoms with Crippen LogP contribution in [-0.2, 0) is 9.84 Å². The molecule has 0 aliphatic heterocycles. The molecule has 0 radical (unpaired) electrons. The summed E-state index contributed by atoms with van der Waals surface area (Å²) in [4.78, 5) is 20.6. The molecule has 0 bridgehead atoms. The maximum atomic E-state index is 13.2. The van der Waals surface area contributed by atoms with E-state index in [0.29, 0.717) is 27.7 Å². The van der Waals surface area contributed by atoms with Crippen molar-refractivity contribution in [2.45, 2.75) is 4.90 Å². The zero-order valence-electron chi connectivity index (χ0n) is 17.1. The van der Waals surface area contributed by atoms with E-state index >= 15 is 0 Å². The largest absolute Gasteiger partial charge is 0.416 e. The highest BCUT2D eigenvalue weighted by Gasteiger charge is 2.16. The molecule has 0 aliphatic rings. The Hall–Kier alpha value is -4.18. The highest BCUT2D eigenvalue weighted by atomic mass is 32.2. The SMILES string of the molecule is CS(=O)(=O)c1ccc(-c2cnc3[nH]cc(-c4nnc(-c5ccc(F)cc5)o4)c(=O)c3c2)cc1. The fourth-order valence-corrected chi connectivity index (χ4v) is 3.99. The Kier molecular flexibility index (Phi) is 4.86. The minimum atomic E-state index is -3.31. The van der Waals surface area contributed by atoms with Gasteiger partial charge in [0.1, 0.15) is 17.0 Å².